The van der Waals surface area contributed by atoms with Gasteiger partial charge in [-0.25, -0.2) is 0 Å². The zero-order valence-electron chi connectivity index (χ0n) is 11.0. The molecule has 0 bridgehead atoms. The van der Waals surface area contributed by atoms with Crippen LogP contribution in [0.25, 0.3) is 0 Å². The predicted octanol–water partition coefficient (Wildman–Crippen LogP) is 4.89. The molecule has 0 aromatic heterocycles. The average molecular weight is 295 g/mol. The molecule has 2 rings (SSSR count). The van der Waals surface area contributed by atoms with Gasteiger partial charge in [-0.15, -0.1) is 0 Å². The fourth-order valence-corrected chi connectivity index (χ4v) is 2.72. The highest BCUT2D eigenvalue weighted by atomic mass is 35.5. The molecule has 100 valence electrons. The highest BCUT2D eigenvalue weighted by molar-refractivity contribution is 6.36. The lowest BCUT2D eigenvalue weighted by molar-refractivity contribution is 0.177. The standard InChI is InChI=1S/C16H16Cl2O/c1-10-5-3-6-12(11(10)2)16(19)9-13-14(17)7-4-8-15(13)18/h3-8,16,19H,9H2,1-2H3. The molecule has 0 fully saturated rings. The van der Waals surface area contributed by atoms with Crippen LogP contribution in [0.1, 0.15) is 28.4 Å². The Balaban J connectivity index is 2.31. The molecule has 0 radical (unpaired) electrons. The molecule has 1 unspecified atom stereocenters. The van der Waals surface area contributed by atoms with E-state index in [2.05, 4.69) is 0 Å². The van der Waals surface area contributed by atoms with E-state index in [0.717, 1.165) is 16.7 Å². The van der Waals surface area contributed by atoms with E-state index in [1.807, 2.05) is 32.0 Å². The maximum absolute atomic E-state index is 10.4. The topological polar surface area (TPSA) is 20.2 Å². The monoisotopic (exact) mass is 294 g/mol. The number of rotatable bonds is 3. The lowest BCUT2D eigenvalue weighted by atomic mass is 9.95. The minimum atomic E-state index is -0.600. The number of halogens is 2. The zero-order chi connectivity index (χ0) is 14.0. The molecule has 0 saturated carbocycles. The van der Waals surface area contributed by atoms with Crippen LogP contribution in [-0.4, -0.2) is 5.11 Å². The van der Waals surface area contributed by atoms with Crippen molar-refractivity contribution in [1.82, 2.24) is 0 Å². The van der Waals surface area contributed by atoms with Crippen molar-refractivity contribution in [2.45, 2.75) is 26.4 Å². The minimum absolute atomic E-state index is 0.419. The van der Waals surface area contributed by atoms with Crippen LogP contribution in [0.15, 0.2) is 36.4 Å². The summed E-state index contributed by atoms with van der Waals surface area (Å²) in [6, 6.07) is 11.3. The van der Waals surface area contributed by atoms with Gasteiger partial charge in [0, 0.05) is 16.5 Å². The average Bonchev–Trinajstić information content (AvgIpc) is 2.37. The molecule has 0 amide bonds. The summed E-state index contributed by atoms with van der Waals surface area (Å²) >= 11 is 12.3. The van der Waals surface area contributed by atoms with Crippen LogP contribution in [0.4, 0.5) is 0 Å². The lowest BCUT2D eigenvalue weighted by Gasteiger charge is -2.16. The first-order valence-corrected chi connectivity index (χ1v) is 6.93. The molecule has 0 heterocycles. The second-order valence-corrected chi connectivity index (χ2v) is 5.52. The second-order valence-electron chi connectivity index (χ2n) is 4.71. The second kappa shape index (κ2) is 5.96. The van der Waals surface area contributed by atoms with E-state index in [1.165, 1.54) is 5.56 Å². The molecular weight excluding hydrogens is 279 g/mol. The van der Waals surface area contributed by atoms with Gasteiger partial charge in [0.1, 0.15) is 0 Å². The van der Waals surface area contributed by atoms with Gasteiger partial charge in [0.15, 0.2) is 0 Å². The Labute approximate surface area is 123 Å². The van der Waals surface area contributed by atoms with Crippen LogP contribution in [0.3, 0.4) is 0 Å². The summed E-state index contributed by atoms with van der Waals surface area (Å²) in [4.78, 5) is 0. The molecular formula is C16H16Cl2O. The van der Waals surface area contributed by atoms with Gasteiger partial charge in [-0.3, -0.25) is 0 Å². The van der Waals surface area contributed by atoms with Crippen molar-refractivity contribution in [2.24, 2.45) is 0 Å². The van der Waals surface area contributed by atoms with Crippen molar-refractivity contribution in [2.75, 3.05) is 0 Å². The Bertz CT molecular complexity index is 573. The molecule has 1 atom stereocenters. The van der Waals surface area contributed by atoms with Gasteiger partial charge in [0.25, 0.3) is 0 Å². The Kier molecular flexibility index (Phi) is 4.51. The summed E-state index contributed by atoms with van der Waals surface area (Å²) in [5.74, 6) is 0. The summed E-state index contributed by atoms with van der Waals surface area (Å²) < 4.78 is 0. The largest absolute Gasteiger partial charge is 0.388 e. The lowest BCUT2D eigenvalue weighted by Crippen LogP contribution is -2.05. The minimum Gasteiger partial charge on any atom is -0.388 e. The van der Waals surface area contributed by atoms with Crippen LogP contribution < -0.4 is 0 Å². The number of aliphatic hydroxyl groups is 1. The van der Waals surface area contributed by atoms with Gasteiger partial charge >= 0.3 is 0 Å². The molecule has 3 heteroatoms. The van der Waals surface area contributed by atoms with Gasteiger partial charge in [0.05, 0.1) is 6.10 Å². The first-order valence-electron chi connectivity index (χ1n) is 6.17. The summed E-state index contributed by atoms with van der Waals surface area (Å²) in [5, 5.41) is 11.6. The number of hydrogen-bond acceptors (Lipinski definition) is 1. The number of aryl methyl sites for hydroxylation is 1. The predicted molar refractivity (Wildman–Crippen MR) is 81.0 cm³/mol. The number of aliphatic hydroxyl groups excluding tert-OH is 1. The van der Waals surface area contributed by atoms with Gasteiger partial charge in [-0.05, 0) is 48.2 Å². The van der Waals surface area contributed by atoms with Crippen LogP contribution in [0.2, 0.25) is 10.0 Å². The molecule has 2 aromatic carbocycles. The molecule has 19 heavy (non-hydrogen) atoms. The van der Waals surface area contributed by atoms with Crippen molar-refractivity contribution in [1.29, 1.82) is 0 Å². The van der Waals surface area contributed by atoms with Crippen LogP contribution in [0, 0.1) is 13.8 Å². The quantitative estimate of drug-likeness (QED) is 0.855. The summed E-state index contributed by atoms with van der Waals surface area (Å²) in [6.45, 7) is 4.05. The SMILES string of the molecule is Cc1cccc(C(O)Cc2c(Cl)cccc2Cl)c1C. The molecule has 2 aromatic rings. The fraction of sp³-hybridized carbons (Fsp3) is 0.250. The highest BCUT2D eigenvalue weighted by Crippen LogP contribution is 2.30. The Morgan fingerprint density at radius 3 is 2.21 bits per heavy atom. The van der Waals surface area contributed by atoms with E-state index >= 15 is 0 Å². The summed E-state index contributed by atoms with van der Waals surface area (Å²) in [5.41, 5.74) is 4.00. The van der Waals surface area contributed by atoms with E-state index in [0.29, 0.717) is 16.5 Å². The number of benzene rings is 2. The van der Waals surface area contributed by atoms with Crippen molar-refractivity contribution in [3.63, 3.8) is 0 Å². The fourth-order valence-electron chi connectivity index (χ4n) is 2.17. The third kappa shape index (κ3) is 3.11. The van der Waals surface area contributed by atoms with Crippen LogP contribution >= 0.6 is 23.2 Å². The number of hydrogen-bond donors (Lipinski definition) is 1. The molecule has 0 aliphatic rings. The third-order valence-corrected chi connectivity index (χ3v) is 4.17. The van der Waals surface area contributed by atoms with E-state index in [4.69, 9.17) is 23.2 Å². The highest BCUT2D eigenvalue weighted by Gasteiger charge is 2.15. The van der Waals surface area contributed by atoms with Gasteiger partial charge in [-0.1, -0.05) is 47.5 Å². The molecule has 0 saturated heterocycles. The van der Waals surface area contributed by atoms with Crippen molar-refractivity contribution in [3.8, 4) is 0 Å². The summed E-state index contributed by atoms with van der Waals surface area (Å²) in [6.07, 6.45) is -0.180. The maximum Gasteiger partial charge on any atom is 0.0834 e. The maximum atomic E-state index is 10.4. The summed E-state index contributed by atoms with van der Waals surface area (Å²) in [7, 11) is 0. The Hall–Kier alpha value is -1.02. The van der Waals surface area contributed by atoms with E-state index in [1.54, 1.807) is 18.2 Å². The normalized spacial score (nSPS) is 12.5. The van der Waals surface area contributed by atoms with Crippen molar-refractivity contribution in [3.05, 3.63) is 68.7 Å². The van der Waals surface area contributed by atoms with E-state index in [-0.39, 0.29) is 0 Å². The molecule has 0 spiro atoms. The van der Waals surface area contributed by atoms with Crippen LogP contribution in [-0.2, 0) is 6.42 Å². The van der Waals surface area contributed by atoms with Crippen LogP contribution in [0.5, 0.6) is 0 Å². The first-order chi connectivity index (χ1) is 9.00. The smallest absolute Gasteiger partial charge is 0.0834 e. The Morgan fingerprint density at radius 2 is 1.58 bits per heavy atom. The van der Waals surface area contributed by atoms with Gasteiger partial charge in [0.2, 0.25) is 0 Å². The van der Waals surface area contributed by atoms with E-state index in [9.17, 15) is 5.11 Å². The zero-order valence-corrected chi connectivity index (χ0v) is 12.5. The molecule has 1 nitrogen and oxygen atoms in total. The first kappa shape index (κ1) is 14.4. The van der Waals surface area contributed by atoms with Crippen molar-refractivity contribution >= 4 is 23.2 Å². The molecule has 0 aliphatic carbocycles. The Morgan fingerprint density at radius 1 is 1.00 bits per heavy atom. The molecule has 0 aliphatic heterocycles. The van der Waals surface area contributed by atoms with Crippen molar-refractivity contribution < 1.29 is 5.11 Å². The third-order valence-electron chi connectivity index (χ3n) is 3.46. The van der Waals surface area contributed by atoms with E-state index < -0.39 is 6.10 Å². The van der Waals surface area contributed by atoms with Gasteiger partial charge in [-0.2, -0.15) is 0 Å². The molecule has 1 N–H and O–H groups in total. The van der Waals surface area contributed by atoms with Gasteiger partial charge < -0.3 is 5.11 Å².